The van der Waals surface area contributed by atoms with Gasteiger partial charge in [0.2, 0.25) is 5.91 Å². The number of amides is 1. The fourth-order valence-corrected chi connectivity index (χ4v) is 2.46. The van der Waals surface area contributed by atoms with E-state index in [0.29, 0.717) is 19.4 Å². The van der Waals surface area contributed by atoms with Crippen LogP contribution in [0.15, 0.2) is 24.5 Å². The fraction of sp³-hybridized carbons (Fsp3) is 0.571. The van der Waals surface area contributed by atoms with Crippen molar-refractivity contribution >= 4 is 30.7 Å². The molecule has 1 fully saturated rings. The van der Waals surface area contributed by atoms with Crippen molar-refractivity contribution in [2.24, 2.45) is 11.7 Å². The van der Waals surface area contributed by atoms with Crippen molar-refractivity contribution in [3.05, 3.63) is 30.1 Å². The second kappa shape index (κ2) is 9.95. The van der Waals surface area contributed by atoms with Crippen LogP contribution in [0.1, 0.15) is 24.8 Å². The van der Waals surface area contributed by atoms with Gasteiger partial charge in [0.05, 0.1) is 6.10 Å². The first-order chi connectivity index (χ1) is 9.16. The van der Waals surface area contributed by atoms with Crippen LogP contribution in [-0.2, 0) is 11.2 Å². The number of hydrogen-bond donors (Lipinski definition) is 3. The lowest BCUT2D eigenvalue weighted by atomic mass is 10.1. The summed E-state index contributed by atoms with van der Waals surface area (Å²) >= 11 is 0. The van der Waals surface area contributed by atoms with Gasteiger partial charge in [0.15, 0.2) is 0 Å². The van der Waals surface area contributed by atoms with Crippen LogP contribution in [0.2, 0.25) is 0 Å². The molecule has 0 spiro atoms. The van der Waals surface area contributed by atoms with Gasteiger partial charge in [0.25, 0.3) is 0 Å². The van der Waals surface area contributed by atoms with E-state index in [4.69, 9.17) is 5.73 Å². The number of nitrogens with zero attached hydrogens (tertiary/aromatic N) is 1. The monoisotopic (exact) mass is 335 g/mol. The lowest BCUT2D eigenvalue weighted by Gasteiger charge is -2.10. The zero-order chi connectivity index (χ0) is 13.7. The minimum Gasteiger partial charge on any atom is -0.391 e. The number of aliphatic hydroxyl groups is 1. The number of pyridine rings is 1. The highest BCUT2D eigenvalue weighted by Crippen LogP contribution is 2.24. The van der Waals surface area contributed by atoms with E-state index >= 15 is 0 Å². The van der Waals surface area contributed by atoms with E-state index < -0.39 is 6.10 Å². The molecule has 0 aliphatic heterocycles. The largest absolute Gasteiger partial charge is 0.391 e. The Labute approximate surface area is 137 Å². The standard InChI is InChI=1S/C14H21N3O2.2ClH/c15-12-7-11(8-13(12)18)14(19)17-6-2-4-10-3-1-5-16-9-10;;/h1,3,5,9,11-13,18H,2,4,6-8,15H2,(H,17,19);2*1H/t11-,12+,13+;;/m0../s1. The third-order valence-corrected chi connectivity index (χ3v) is 3.61. The smallest absolute Gasteiger partial charge is 0.223 e. The zero-order valence-electron chi connectivity index (χ0n) is 11.8. The maximum Gasteiger partial charge on any atom is 0.223 e. The Morgan fingerprint density at radius 2 is 2.19 bits per heavy atom. The molecule has 1 aromatic heterocycles. The molecule has 0 bridgehead atoms. The van der Waals surface area contributed by atoms with Crippen LogP contribution in [0.5, 0.6) is 0 Å². The predicted molar refractivity (Wildman–Crippen MR) is 86.8 cm³/mol. The number of rotatable bonds is 5. The summed E-state index contributed by atoms with van der Waals surface area (Å²) in [5.74, 6) is -0.124. The fourth-order valence-electron chi connectivity index (χ4n) is 2.46. The van der Waals surface area contributed by atoms with Crippen molar-refractivity contribution in [1.29, 1.82) is 0 Å². The van der Waals surface area contributed by atoms with Crippen LogP contribution in [0.4, 0.5) is 0 Å². The third-order valence-electron chi connectivity index (χ3n) is 3.61. The molecule has 21 heavy (non-hydrogen) atoms. The average Bonchev–Trinajstić information content (AvgIpc) is 2.76. The number of aryl methyl sites for hydroxylation is 1. The van der Waals surface area contributed by atoms with Crippen LogP contribution in [0.3, 0.4) is 0 Å². The van der Waals surface area contributed by atoms with Gasteiger partial charge in [-0.25, -0.2) is 0 Å². The number of aliphatic hydroxyl groups excluding tert-OH is 1. The van der Waals surface area contributed by atoms with Gasteiger partial charge in [0, 0.05) is 30.9 Å². The van der Waals surface area contributed by atoms with Crippen LogP contribution in [-0.4, -0.2) is 34.7 Å². The number of carbonyl (C=O) groups excluding carboxylic acids is 1. The van der Waals surface area contributed by atoms with Gasteiger partial charge in [-0.1, -0.05) is 6.07 Å². The molecule has 7 heteroatoms. The maximum absolute atomic E-state index is 11.9. The van der Waals surface area contributed by atoms with Crippen LogP contribution >= 0.6 is 24.8 Å². The summed E-state index contributed by atoms with van der Waals surface area (Å²) < 4.78 is 0. The number of carbonyl (C=O) groups is 1. The van der Waals surface area contributed by atoms with Crippen molar-refractivity contribution in [2.45, 2.75) is 37.8 Å². The van der Waals surface area contributed by atoms with Crippen molar-refractivity contribution in [2.75, 3.05) is 6.54 Å². The first-order valence-electron chi connectivity index (χ1n) is 6.77. The molecular weight excluding hydrogens is 313 g/mol. The molecule has 1 aromatic rings. The minimum atomic E-state index is -0.536. The summed E-state index contributed by atoms with van der Waals surface area (Å²) in [6.07, 6.45) is 5.91. The quantitative estimate of drug-likeness (QED) is 0.702. The van der Waals surface area contributed by atoms with Crippen molar-refractivity contribution in [3.8, 4) is 0 Å². The molecule has 5 nitrogen and oxygen atoms in total. The Hall–Kier alpha value is -0.880. The molecule has 120 valence electrons. The summed E-state index contributed by atoms with van der Waals surface area (Å²) in [4.78, 5) is 15.9. The molecule has 1 heterocycles. The van der Waals surface area contributed by atoms with Gasteiger partial charge in [0.1, 0.15) is 0 Å². The molecule has 3 atom stereocenters. The molecule has 0 saturated heterocycles. The second-order valence-electron chi connectivity index (χ2n) is 5.16. The molecule has 0 radical (unpaired) electrons. The van der Waals surface area contributed by atoms with Crippen LogP contribution < -0.4 is 11.1 Å². The first-order valence-corrected chi connectivity index (χ1v) is 6.77. The highest BCUT2D eigenvalue weighted by molar-refractivity contribution is 5.85. The Balaban J connectivity index is 0.00000200. The highest BCUT2D eigenvalue weighted by atomic mass is 35.5. The van der Waals surface area contributed by atoms with Gasteiger partial charge in [-0.15, -0.1) is 24.8 Å². The number of aromatic nitrogens is 1. The summed E-state index contributed by atoms with van der Waals surface area (Å²) in [7, 11) is 0. The lowest BCUT2D eigenvalue weighted by molar-refractivity contribution is -0.125. The molecule has 0 unspecified atom stereocenters. The highest BCUT2D eigenvalue weighted by Gasteiger charge is 2.34. The van der Waals surface area contributed by atoms with Gasteiger partial charge in [-0.3, -0.25) is 9.78 Å². The van der Waals surface area contributed by atoms with Crippen molar-refractivity contribution in [1.82, 2.24) is 10.3 Å². The van der Waals surface area contributed by atoms with E-state index in [-0.39, 0.29) is 42.7 Å². The summed E-state index contributed by atoms with van der Waals surface area (Å²) in [5, 5.41) is 12.4. The van der Waals surface area contributed by atoms with Gasteiger partial charge < -0.3 is 16.2 Å². The Bertz CT molecular complexity index is 410. The second-order valence-corrected chi connectivity index (χ2v) is 5.16. The Kier molecular flexibility index (Phi) is 9.53. The molecule has 1 saturated carbocycles. The normalized spacial score (nSPS) is 23.8. The van der Waals surface area contributed by atoms with Gasteiger partial charge in [-0.05, 0) is 37.3 Å². The topological polar surface area (TPSA) is 88.2 Å². The zero-order valence-corrected chi connectivity index (χ0v) is 13.4. The van der Waals surface area contributed by atoms with E-state index in [0.717, 1.165) is 12.8 Å². The minimum absolute atomic E-state index is 0. The van der Waals surface area contributed by atoms with Crippen LogP contribution in [0, 0.1) is 5.92 Å². The van der Waals surface area contributed by atoms with Crippen molar-refractivity contribution < 1.29 is 9.90 Å². The number of halogens is 2. The van der Waals surface area contributed by atoms with E-state index in [2.05, 4.69) is 10.3 Å². The molecule has 4 N–H and O–H groups in total. The van der Waals surface area contributed by atoms with Gasteiger partial charge >= 0.3 is 0 Å². The van der Waals surface area contributed by atoms with Gasteiger partial charge in [-0.2, -0.15) is 0 Å². The first kappa shape index (κ1) is 20.1. The maximum atomic E-state index is 11.9. The van der Waals surface area contributed by atoms with Crippen LogP contribution in [0.25, 0.3) is 0 Å². The Morgan fingerprint density at radius 3 is 2.76 bits per heavy atom. The summed E-state index contributed by atoms with van der Waals surface area (Å²) in [5.41, 5.74) is 6.88. The lowest BCUT2D eigenvalue weighted by Crippen LogP contribution is -2.31. The predicted octanol–water partition coefficient (Wildman–Crippen LogP) is 1.07. The SMILES string of the molecule is Cl.Cl.N[C@@H]1C[C@H](C(=O)NCCCc2cccnc2)C[C@H]1O. The van der Waals surface area contributed by atoms with E-state index in [1.807, 2.05) is 18.3 Å². The molecule has 0 aromatic carbocycles. The average molecular weight is 336 g/mol. The molecule has 1 amide bonds. The molecule has 1 aliphatic carbocycles. The molecule has 2 rings (SSSR count). The number of nitrogens with one attached hydrogen (secondary N) is 1. The summed E-state index contributed by atoms with van der Waals surface area (Å²) in [6, 6.07) is 3.68. The van der Waals surface area contributed by atoms with Crippen molar-refractivity contribution in [3.63, 3.8) is 0 Å². The Morgan fingerprint density at radius 1 is 1.43 bits per heavy atom. The summed E-state index contributed by atoms with van der Waals surface area (Å²) in [6.45, 7) is 0.648. The van der Waals surface area contributed by atoms with E-state index in [1.165, 1.54) is 5.56 Å². The molecule has 1 aliphatic rings. The van der Waals surface area contributed by atoms with E-state index in [9.17, 15) is 9.90 Å². The molecular formula is C14H23Cl2N3O2. The number of nitrogens with two attached hydrogens (primary N) is 1. The number of hydrogen-bond acceptors (Lipinski definition) is 4. The van der Waals surface area contributed by atoms with E-state index in [1.54, 1.807) is 6.20 Å². The third kappa shape index (κ3) is 6.18.